The number of rotatable bonds is 5. The molecule has 0 spiro atoms. The molecule has 0 saturated carbocycles. The van der Waals surface area contributed by atoms with Crippen molar-refractivity contribution in [3.8, 4) is 5.75 Å². The topological polar surface area (TPSA) is 44.7 Å². The highest BCUT2D eigenvalue weighted by molar-refractivity contribution is 9.10. The molecule has 4 nitrogen and oxygen atoms in total. The highest BCUT2D eigenvalue weighted by Gasteiger charge is 2.15. The Labute approximate surface area is 120 Å². The van der Waals surface area contributed by atoms with Gasteiger partial charge in [-0.1, -0.05) is 0 Å². The summed E-state index contributed by atoms with van der Waals surface area (Å²) in [7, 11) is 0. The van der Waals surface area contributed by atoms with Crippen molar-refractivity contribution in [2.45, 2.75) is 6.10 Å². The van der Waals surface area contributed by atoms with Gasteiger partial charge in [0.05, 0.1) is 4.47 Å². The molecule has 1 aromatic carbocycles. The van der Waals surface area contributed by atoms with Crippen LogP contribution in [-0.2, 0) is 0 Å². The lowest BCUT2D eigenvalue weighted by Gasteiger charge is -2.29. The van der Waals surface area contributed by atoms with Gasteiger partial charge in [-0.15, -0.1) is 0 Å². The van der Waals surface area contributed by atoms with Crippen LogP contribution in [0, 0.1) is 5.82 Å². The number of halogens is 2. The zero-order valence-electron chi connectivity index (χ0n) is 10.6. The molecule has 0 aromatic heterocycles. The van der Waals surface area contributed by atoms with Gasteiger partial charge in [-0.25, -0.2) is 4.39 Å². The summed E-state index contributed by atoms with van der Waals surface area (Å²) in [6, 6.07) is 4.25. The lowest BCUT2D eigenvalue weighted by atomic mass is 10.3. The minimum absolute atomic E-state index is 0.159. The number of hydrogen-bond acceptors (Lipinski definition) is 4. The predicted octanol–water partition coefficient (Wildman–Crippen LogP) is 1.23. The highest BCUT2D eigenvalue weighted by atomic mass is 79.9. The molecular weight excluding hydrogens is 315 g/mol. The minimum atomic E-state index is -0.576. The Morgan fingerprint density at radius 1 is 1.42 bits per heavy atom. The van der Waals surface area contributed by atoms with E-state index in [1.54, 1.807) is 6.07 Å². The van der Waals surface area contributed by atoms with Crippen LogP contribution in [0.3, 0.4) is 0 Å². The Hall–Kier alpha value is -0.690. The molecule has 1 aliphatic heterocycles. The molecule has 19 heavy (non-hydrogen) atoms. The lowest BCUT2D eigenvalue weighted by molar-refractivity contribution is 0.0638. The van der Waals surface area contributed by atoms with Crippen molar-refractivity contribution in [3.63, 3.8) is 0 Å². The van der Waals surface area contributed by atoms with E-state index in [1.165, 1.54) is 12.1 Å². The summed E-state index contributed by atoms with van der Waals surface area (Å²) in [5, 5.41) is 13.2. The minimum Gasteiger partial charge on any atom is -0.490 e. The maximum Gasteiger partial charge on any atom is 0.136 e. The largest absolute Gasteiger partial charge is 0.490 e. The molecule has 1 aromatic rings. The van der Waals surface area contributed by atoms with Gasteiger partial charge in [0.1, 0.15) is 24.3 Å². The van der Waals surface area contributed by atoms with Crippen LogP contribution in [0.2, 0.25) is 0 Å². The van der Waals surface area contributed by atoms with E-state index in [9.17, 15) is 9.50 Å². The third-order valence-corrected chi connectivity index (χ3v) is 3.66. The van der Waals surface area contributed by atoms with Crippen molar-refractivity contribution in [1.82, 2.24) is 10.2 Å². The monoisotopic (exact) mass is 332 g/mol. The molecule has 1 heterocycles. The van der Waals surface area contributed by atoms with E-state index in [0.717, 1.165) is 26.2 Å². The van der Waals surface area contributed by atoms with Crippen LogP contribution in [0.1, 0.15) is 0 Å². The second-order valence-corrected chi connectivity index (χ2v) is 5.44. The Bertz CT molecular complexity index is 414. The number of piperazine rings is 1. The second kappa shape index (κ2) is 7.19. The van der Waals surface area contributed by atoms with Crippen LogP contribution in [0.4, 0.5) is 4.39 Å². The van der Waals surface area contributed by atoms with Crippen LogP contribution in [0.15, 0.2) is 22.7 Å². The maximum atomic E-state index is 13.1. The first-order valence-electron chi connectivity index (χ1n) is 6.34. The van der Waals surface area contributed by atoms with Crippen LogP contribution < -0.4 is 10.1 Å². The van der Waals surface area contributed by atoms with Crippen molar-refractivity contribution >= 4 is 15.9 Å². The number of nitrogens with one attached hydrogen (secondary N) is 1. The zero-order valence-corrected chi connectivity index (χ0v) is 12.2. The van der Waals surface area contributed by atoms with Crippen LogP contribution >= 0.6 is 15.9 Å². The van der Waals surface area contributed by atoms with Crippen molar-refractivity contribution in [1.29, 1.82) is 0 Å². The summed E-state index contributed by atoms with van der Waals surface area (Å²) in [4.78, 5) is 2.19. The fourth-order valence-corrected chi connectivity index (χ4v) is 2.38. The number of β-amino-alcohol motifs (C(OH)–C–C–N with tert-alkyl or cyclic N) is 1. The molecule has 6 heteroatoms. The van der Waals surface area contributed by atoms with Crippen molar-refractivity contribution < 1.29 is 14.2 Å². The standard InChI is InChI=1S/C13H18BrFN2O2/c14-12-2-1-10(15)7-13(12)19-9-11(18)8-17-5-3-16-4-6-17/h1-2,7,11,16,18H,3-6,8-9H2. The number of nitrogens with zero attached hydrogens (tertiary/aromatic N) is 1. The fourth-order valence-electron chi connectivity index (χ4n) is 2.02. The molecule has 1 atom stereocenters. The molecule has 106 valence electrons. The van der Waals surface area contributed by atoms with Gasteiger partial charge < -0.3 is 15.2 Å². The zero-order chi connectivity index (χ0) is 13.7. The average molecular weight is 333 g/mol. The van der Waals surface area contributed by atoms with Gasteiger partial charge in [-0.2, -0.15) is 0 Å². The quantitative estimate of drug-likeness (QED) is 0.851. The van der Waals surface area contributed by atoms with E-state index in [0.29, 0.717) is 16.8 Å². The first kappa shape index (κ1) is 14.7. The van der Waals surface area contributed by atoms with E-state index < -0.39 is 6.10 Å². The van der Waals surface area contributed by atoms with E-state index in [1.807, 2.05) is 0 Å². The highest BCUT2D eigenvalue weighted by Crippen LogP contribution is 2.25. The third-order valence-electron chi connectivity index (χ3n) is 3.00. The second-order valence-electron chi connectivity index (χ2n) is 4.59. The smallest absolute Gasteiger partial charge is 0.136 e. The normalized spacial score (nSPS) is 18.3. The van der Waals surface area contributed by atoms with Gasteiger partial charge >= 0.3 is 0 Å². The fraction of sp³-hybridized carbons (Fsp3) is 0.538. The van der Waals surface area contributed by atoms with Crippen molar-refractivity contribution in [2.75, 3.05) is 39.3 Å². The molecule has 0 bridgehead atoms. The molecular formula is C13H18BrFN2O2. The molecule has 1 fully saturated rings. The van der Waals surface area contributed by atoms with E-state index in [2.05, 4.69) is 26.1 Å². The molecule has 1 unspecified atom stereocenters. The van der Waals surface area contributed by atoms with Crippen molar-refractivity contribution in [2.24, 2.45) is 0 Å². The van der Waals surface area contributed by atoms with E-state index in [4.69, 9.17) is 4.74 Å². The number of aliphatic hydroxyl groups is 1. The van der Waals surface area contributed by atoms with Crippen LogP contribution in [-0.4, -0.2) is 55.4 Å². The van der Waals surface area contributed by atoms with Gasteiger partial charge in [-0.3, -0.25) is 4.90 Å². The van der Waals surface area contributed by atoms with Crippen LogP contribution in [0.25, 0.3) is 0 Å². The summed E-state index contributed by atoms with van der Waals surface area (Å²) in [6.07, 6.45) is -0.576. The van der Waals surface area contributed by atoms with Gasteiger partial charge in [0.15, 0.2) is 0 Å². The summed E-state index contributed by atoms with van der Waals surface area (Å²) >= 11 is 3.29. The molecule has 0 aliphatic carbocycles. The Kier molecular flexibility index (Phi) is 5.57. The summed E-state index contributed by atoms with van der Waals surface area (Å²) in [5.41, 5.74) is 0. The van der Waals surface area contributed by atoms with Crippen LogP contribution in [0.5, 0.6) is 5.75 Å². The Morgan fingerprint density at radius 3 is 2.89 bits per heavy atom. The molecule has 1 aliphatic rings. The first-order valence-corrected chi connectivity index (χ1v) is 7.13. The molecule has 2 rings (SSSR count). The van der Waals surface area contributed by atoms with Crippen molar-refractivity contribution in [3.05, 3.63) is 28.5 Å². The number of aliphatic hydroxyl groups excluding tert-OH is 1. The summed E-state index contributed by atoms with van der Waals surface area (Å²) < 4.78 is 19.2. The molecule has 1 saturated heterocycles. The van der Waals surface area contributed by atoms with E-state index in [-0.39, 0.29) is 12.4 Å². The predicted molar refractivity (Wildman–Crippen MR) is 74.9 cm³/mol. The van der Waals surface area contributed by atoms with Gasteiger partial charge in [-0.05, 0) is 28.1 Å². The number of benzene rings is 1. The average Bonchev–Trinajstić information content (AvgIpc) is 2.41. The SMILES string of the molecule is OC(COc1cc(F)ccc1Br)CN1CCNCC1. The maximum absolute atomic E-state index is 13.1. The molecule has 0 amide bonds. The van der Waals surface area contributed by atoms with Gasteiger partial charge in [0.25, 0.3) is 0 Å². The lowest BCUT2D eigenvalue weighted by Crippen LogP contribution is -2.47. The number of ether oxygens (including phenoxy) is 1. The summed E-state index contributed by atoms with van der Waals surface area (Å²) in [6.45, 7) is 4.49. The van der Waals surface area contributed by atoms with Gasteiger partial charge in [0.2, 0.25) is 0 Å². The molecule has 0 radical (unpaired) electrons. The first-order chi connectivity index (χ1) is 9.15. The third kappa shape index (κ3) is 4.72. The molecule has 2 N–H and O–H groups in total. The Morgan fingerprint density at radius 2 is 2.16 bits per heavy atom. The number of hydrogen-bond donors (Lipinski definition) is 2. The Balaban J connectivity index is 1.79. The van der Waals surface area contributed by atoms with E-state index >= 15 is 0 Å². The summed E-state index contributed by atoms with van der Waals surface area (Å²) in [5.74, 6) is 0.0640. The van der Waals surface area contributed by atoms with Gasteiger partial charge in [0, 0.05) is 38.8 Å².